The highest BCUT2D eigenvalue weighted by Crippen LogP contribution is 2.34. The van der Waals surface area contributed by atoms with Gasteiger partial charge in [0.1, 0.15) is 34.8 Å². The molecule has 1 aliphatic heterocycles. The van der Waals surface area contributed by atoms with Gasteiger partial charge >= 0.3 is 0 Å². The fourth-order valence-corrected chi connectivity index (χ4v) is 5.62. The summed E-state index contributed by atoms with van der Waals surface area (Å²) in [5.74, 6) is -1.12. The van der Waals surface area contributed by atoms with Crippen molar-refractivity contribution in [2.75, 3.05) is 23.5 Å². The summed E-state index contributed by atoms with van der Waals surface area (Å²) in [4.78, 5) is 47.1. The molecule has 10 nitrogen and oxygen atoms in total. The molecule has 2 heterocycles. The van der Waals surface area contributed by atoms with Gasteiger partial charge in [0.2, 0.25) is 11.8 Å². The van der Waals surface area contributed by atoms with Crippen LogP contribution in [-0.4, -0.2) is 46.5 Å². The fraction of sp³-hybridized carbons (Fsp3) is 0.267. The molecule has 0 spiro atoms. The summed E-state index contributed by atoms with van der Waals surface area (Å²) >= 11 is 1.01. The molecule has 4 rings (SSSR count). The van der Waals surface area contributed by atoms with Gasteiger partial charge in [0, 0.05) is 6.54 Å². The van der Waals surface area contributed by atoms with Crippen LogP contribution in [0.25, 0.3) is 0 Å². The Bertz CT molecular complexity index is 1560. The minimum absolute atomic E-state index is 0.0157. The molecule has 208 valence electrons. The van der Waals surface area contributed by atoms with Crippen LogP contribution >= 0.6 is 11.8 Å². The maximum absolute atomic E-state index is 13.7. The molecule has 1 unspecified atom stereocenters. The van der Waals surface area contributed by atoms with E-state index >= 15 is 0 Å². The summed E-state index contributed by atoms with van der Waals surface area (Å²) in [5.41, 5.74) is 8.03. The minimum atomic E-state index is -1.02. The quantitative estimate of drug-likeness (QED) is 0.298. The maximum Gasteiger partial charge on any atom is 0.257 e. The number of nitrogens with zero attached hydrogens (tertiary/aromatic N) is 5. The van der Waals surface area contributed by atoms with Crippen LogP contribution in [0.15, 0.2) is 59.6 Å². The molecule has 1 aliphatic rings. The molecule has 1 atom stereocenters. The van der Waals surface area contributed by atoms with Crippen molar-refractivity contribution in [2.24, 2.45) is 0 Å². The number of carbonyl (C=O) groups is 3. The van der Waals surface area contributed by atoms with E-state index in [2.05, 4.69) is 11.1 Å². The van der Waals surface area contributed by atoms with E-state index in [4.69, 9.17) is 10.5 Å². The number of rotatable bonds is 9. The molecule has 1 aromatic heterocycles. The molecule has 0 bridgehead atoms. The smallest absolute Gasteiger partial charge is 0.257 e. The zero-order valence-electron chi connectivity index (χ0n) is 22.8. The molecule has 3 amide bonds. The summed E-state index contributed by atoms with van der Waals surface area (Å²) in [6, 6.07) is 18.8. The first-order chi connectivity index (χ1) is 19.7. The third-order valence-corrected chi connectivity index (χ3v) is 7.67. The Kier molecular flexibility index (Phi) is 8.91. The zero-order valence-corrected chi connectivity index (χ0v) is 23.6. The van der Waals surface area contributed by atoms with Crippen molar-refractivity contribution in [3.8, 4) is 17.9 Å². The molecule has 11 heteroatoms. The van der Waals surface area contributed by atoms with Crippen LogP contribution in [0.4, 0.5) is 11.5 Å². The van der Waals surface area contributed by atoms with E-state index in [1.54, 1.807) is 24.3 Å². The first-order valence-electron chi connectivity index (χ1n) is 12.8. The first kappa shape index (κ1) is 29.1. The number of imide groups is 1. The van der Waals surface area contributed by atoms with Gasteiger partial charge in [-0.1, -0.05) is 55.9 Å². The fourth-order valence-electron chi connectivity index (χ4n) is 4.73. The van der Waals surface area contributed by atoms with Crippen LogP contribution in [0, 0.1) is 22.7 Å². The second-order valence-electron chi connectivity index (χ2n) is 9.63. The molecule has 41 heavy (non-hydrogen) atoms. The van der Waals surface area contributed by atoms with Gasteiger partial charge in [0.05, 0.1) is 36.1 Å². The third-order valence-electron chi connectivity index (χ3n) is 6.71. The minimum Gasteiger partial charge on any atom is -0.497 e. The van der Waals surface area contributed by atoms with Crippen molar-refractivity contribution in [1.29, 1.82) is 10.5 Å². The SMILES string of the molecule is COc1ccc(N2C(=O)CC(N(Cc3ccccc3)C(=O)CSc3nc(N)c(C#N)c(C(C)C)c3C#N)C2=O)cc1. The topological polar surface area (TPSA) is 153 Å². The molecular formula is C30H28N6O4S. The number of nitrogens with two attached hydrogens (primary N) is 1. The van der Waals surface area contributed by atoms with Crippen LogP contribution in [0.3, 0.4) is 0 Å². The first-order valence-corrected chi connectivity index (χ1v) is 13.8. The number of methoxy groups -OCH3 is 1. The van der Waals surface area contributed by atoms with Crippen LogP contribution in [-0.2, 0) is 20.9 Å². The van der Waals surface area contributed by atoms with E-state index in [-0.39, 0.29) is 46.6 Å². The Hall–Kier alpha value is -4.87. The molecule has 0 saturated carbocycles. The summed E-state index contributed by atoms with van der Waals surface area (Å²) < 4.78 is 5.17. The second kappa shape index (κ2) is 12.5. The molecule has 2 N–H and O–H groups in total. The Labute approximate surface area is 242 Å². The van der Waals surface area contributed by atoms with E-state index in [0.717, 1.165) is 22.2 Å². The molecule has 0 radical (unpaired) electrons. The predicted molar refractivity (Wildman–Crippen MR) is 154 cm³/mol. The van der Waals surface area contributed by atoms with E-state index in [1.807, 2.05) is 50.2 Å². The highest BCUT2D eigenvalue weighted by Gasteiger charge is 2.44. The maximum atomic E-state index is 13.7. The number of hydrogen-bond donors (Lipinski definition) is 1. The lowest BCUT2D eigenvalue weighted by atomic mass is 9.94. The summed E-state index contributed by atoms with van der Waals surface area (Å²) in [5, 5.41) is 19.7. The lowest BCUT2D eigenvalue weighted by Gasteiger charge is -2.28. The van der Waals surface area contributed by atoms with Crippen molar-refractivity contribution in [1.82, 2.24) is 9.88 Å². The Morgan fingerprint density at radius 3 is 2.37 bits per heavy atom. The lowest BCUT2D eigenvalue weighted by molar-refractivity contribution is -0.136. The standard InChI is InChI=1S/C30H28N6O4S/c1-18(2)27-22(14-31)28(33)34-29(23(27)15-32)41-17-26(38)35(16-19-7-5-4-6-8-19)24-13-25(37)36(30(24)39)20-9-11-21(40-3)12-10-20/h4-12,18,24H,13,16-17H2,1-3H3,(H2,33,34). The van der Waals surface area contributed by atoms with Gasteiger partial charge in [-0.2, -0.15) is 10.5 Å². The van der Waals surface area contributed by atoms with Crippen molar-refractivity contribution in [3.05, 3.63) is 76.9 Å². The number of nitriles is 2. The monoisotopic (exact) mass is 568 g/mol. The average Bonchev–Trinajstić information content (AvgIpc) is 3.27. The van der Waals surface area contributed by atoms with E-state index < -0.39 is 23.8 Å². The normalized spacial score (nSPS) is 14.6. The number of pyridine rings is 1. The van der Waals surface area contributed by atoms with Crippen molar-refractivity contribution in [3.63, 3.8) is 0 Å². The van der Waals surface area contributed by atoms with Crippen LogP contribution < -0.4 is 15.4 Å². The average molecular weight is 569 g/mol. The van der Waals surface area contributed by atoms with Crippen LogP contribution in [0.5, 0.6) is 5.75 Å². The molecule has 1 fully saturated rings. The number of ether oxygens (including phenoxy) is 1. The van der Waals surface area contributed by atoms with Gasteiger partial charge in [-0.3, -0.25) is 14.4 Å². The van der Waals surface area contributed by atoms with Crippen molar-refractivity contribution < 1.29 is 19.1 Å². The summed E-state index contributed by atoms with van der Waals surface area (Å²) in [6.07, 6.45) is -0.170. The Morgan fingerprint density at radius 1 is 1.12 bits per heavy atom. The third kappa shape index (κ3) is 6.01. The summed E-state index contributed by atoms with van der Waals surface area (Å²) in [6.45, 7) is 3.79. The number of carbonyl (C=O) groups excluding carboxylic acids is 3. The lowest BCUT2D eigenvalue weighted by Crippen LogP contribution is -2.45. The molecule has 0 aliphatic carbocycles. The van der Waals surface area contributed by atoms with Gasteiger partial charge in [0.25, 0.3) is 5.91 Å². The van der Waals surface area contributed by atoms with Crippen LogP contribution in [0.1, 0.15) is 48.4 Å². The Morgan fingerprint density at radius 2 is 1.78 bits per heavy atom. The van der Waals surface area contributed by atoms with Gasteiger partial charge < -0.3 is 15.4 Å². The van der Waals surface area contributed by atoms with E-state index in [1.165, 1.54) is 12.0 Å². The number of nitrogen functional groups attached to an aromatic ring is 1. The number of thioether (sulfide) groups is 1. The second-order valence-corrected chi connectivity index (χ2v) is 10.6. The number of hydrogen-bond acceptors (Lipinski definition) is 9. The van der Waals surface area contributed by atoms with Gasteiger partial charge in [-0.25, -0.2) is 9.88 Å². The summed E-state index contributed by atoms with van der Waals surface area (Å²) in [7, 11) is 1.52. The number of aromatic nitrogens is 1. The highest BCUT2D eigenvalue weighted by molar-refractivity contribution is 8.00. The molecule has 2 aromatic carbocycles. The van der Waals surface area contributed by atoms with Gasteiger partial charge in [-0.05, 0) is 41.3 Å². The van der Waals surface area contributed by atoms with Gasteiger partial charge in [0.15, 0.2) is 0 Å². The predicted octanol–water partition coefficient (Wildman–Crippen LogP) is 3.99. The van der Waals surface area contributed by atoms with Crippen molar-refractivity contribution in [2.45, 2.75) is 43.8 Å². The van der Waals surface area contributed by atoms with Gasteiger partial charge in [-0.15, -0.1) is 0 Å². The molecular weight excluding hydrogens is 540 g/mol. The van der Waals surface area contributed by atoms with E-state index in [0.29, 0.717) is 17.0 Å². The molecule has 3 aromatic rings. The zero-order chi connectivity index (χ0) is 29.7. The number of anilines is 2. The largest absolute Gasteiger partial charge is 0.497 e. The van der Waals surface area contributed by atoms with Crippen molar-refractivity contribution >= 4 is 41.0 Å². The van der Waals surface area contributed by atoms with E-state index in [9.17, 15) is 24.9 Å². The van der Waals surface area contributed by atoms with Crippen LogP contribution in [0.2, 0.25) is 0 Å². The number of benzene rings is 2. The number of amides is 3. The Balaban J connectivity index is 1.64. The molecule has 1 saturated heterocycles. The highest BCUT2D eigenvalue weighted by atomic mass is 32.2.